The molecule has 1 N–H and O–H groups in total. The molecule has 0 atom stereocenters. The number of aryl methyl sites for hydroxylation is 1. The number of aromatic nitrogens is 2. The maximum Gasteiger partial charge on any atom is 0.124 e. The molecule has 100 valence electrons. The average molecular weight is 239 g/mol. The van der Waals surface area contributed by atoms with Crippen molar-refractivity contribution < 1.29 is 0 Å². The van der Waals surface area contributed by atoms with Gasteiger partial charge in [0.15, 0.2) is 0 Å². The lowest BCUT2D eigenvalue weighted by atomic mass is 9.92. The first kappa shape index (κ1) is 16.0. The predicted octanol–water partition coefficient (Wildman–Crippen LogP) is 3.81. The lowest BCUT2D eigenvalue weighted by Gasteiger charge is -2.13. The molecule has 0 bridgehead atoms. The van der Waals surface area contributed by atoms with Crippen LogP contribution in [-0.4, -0.2) is 16.3 Å². The van der Waals surface area contributed by atoms with E-state index in [2.05, 4.69) is 51.1 Å². The van der Waals surface area contributed by atoms with E-state index < -0.39 is 0 Å². The van der Waals surface area contributed by atoms with Crippen molar-refractivity contribution in [3.8, 4) is 0 Å². The van der Waals surface area contributed by atoms with Crippen molar-refractivity contribution in [2.45, 2.75) is 53.9 Å². The number of hydrogen-bond donors (Lipinski definition) is 1. The van der Waals surface area contributed by atoms with Gasteiger partial charge in [0.1, 0.15) is 5.82 Å². The maximum absolute atomic E-state index is 4.51. The van der Waals surface area contributed by atoms with Gasteiger partial charge in [-0.2, -0.15) is 5.10 Å². The number of hydrogen-bond acceptors (Lipinski definition) is 2. The van der Waals surface area contributed by atoms with Crippen molar-refractivity contribution in [1.29, 1.82) is 0 Å². The first-order chi connectivity index (χ1) is 7.80. The van der Waals surface area contributed by atoms with Crippen LogP contribution in [0.25, 0.3) is 0 Å². The molecule has 1 aromatic heterocycles. The summed E-state index contributed by atoms with van der Waals surface area (Å²) in [7, 11) is 1.98. The molecule has 0 amide bonds. The third kappa shape index (κ3) is 5.24. The van der Waals surface area contributed by atoms with Crippen LogP contribution in [-0.2, 0) is 12.5 Å². The fourth-order valence-electron chi connectivity index (χ4n) is 1.31. The highest BCUT2D eigenvalue weighted by Crippen LogP contribution is 2.23. The van der Waals surface area contributed by atoms with Gasteiger partial charge in [0.25, 0.3) is 0 Å². The molecular weight excluding hydrogens is 210 g/mol. The van der Waals surface area contributed by atoms with Crippen LogP contribution >= 0.6 is 0 Å². The van der Waals surface area contributed by atoms with Gasteiger partial charge in [-0.05, 0) is 5.92 Å². The number of rotatable bonds is 3. The normalized spacial score (nSPS) is 11.1. The van der Waals surface area contributed by atoms with Gasteiger partial charge in [0.2, 0.25) is 0 Å². The molecule has 17 heavy (non-hydrogen) atoms. The van der Waals surface area contributed by atoms with E-state index in [1.54, 1.807) is 0 Å². The highest BCUT2D eigenvalue weighted by Gasteiger charge is 2.18. The van der Waals surface area contributed by atoms with E-state index in [4.69, 9.17) is 0 Å². The number of nitrogens with one attached hydrogen (secondary N) is 1. The molecule has 0 aliphatic carbocycles. The fraction of sp³-hybridized carbons (Fsp3) is 0.786. The topological polar surface area (TPSA) is 29.9 Å². The molecule has 1 aromatic rings. The van der Waals surface area contributed by atoms with Gasteiger partial charge in [-0.1, -0.05) is 48.5 Å². The second-order valence-corrected chi connectivity index (χ2v) is 5.56. The molecule has 0 unspecified atom stereocenters. The third-order valence-electron chi connectivity index (χ3n) is 2.34. The summed E-state index contributed by atoms with van der Waals surface area (Å²) < 4.78 is 1.92. The third-order valence-corrected chi connectivity index (χ3v) is 2.34. The van der Waals surface area contributed by atoms with E-state index in [1.807, 2.05) is 25.6 Å². The SMILES string of the molecule is CC.CC(C)CNc1cc(C(C)(C)C)nn1C. The summed E-state index contributed by atoms with van der Waals surface area (Å²) in [5.41, 5.74) is 1.26. The van der Waals surface area contributed by atoms with Gasteiger partial charge < -0.3 is 5.32 Å². The summed E-state index contributed by atoms with van der Waals surface area (Å²) in [4.78, 5) is 0. The highest BCUT2D eigenvalue weighted by atomic mass is 15.3. The van der Waals surface area contributed by atoms with Crippen LogP contribution in [0.3, 0.4) is 0 Å². The molecule has 0 radical (unpaired) electrons. The van der Waals surface area contributed by atoms with Crippen LogP contribution in [0, 0.1) is 5.92 Å². The Kier molecular flexibility index (Phi) is 6.29. The Labute approximate surface area is 107 Å². The minimum absolute atomic E-state index is 0.121. The maximum atomic E-state index is 4.51. The molecule has 0 aromatic carbocycles. The molecule has 0 spiro atoms. The summed E-state index contributed by atoms with van der Waals surface area (Å²) >= 11 is 0. The second-order valence-electron chi connectivity index (χ2n) is 5.56. The van der Waals surface area contributed by atoms with Crippen molar-refractivity contribution in [3.63, 3.8) is 0 Å². The van der Waals surface area contributed by atoms with E-state index in [-0.39, 0.29) is 5.41 Å². The lowest BCUT2D eigenvalue weighted by Crippen LogP contribution is -2.12. The Balaban J connectivity index is 0.00000121. The van der Waals surface area contributed by atoms with Crippen molar-refractivity contribution in [2.24, 2.45) is 13.0 Å². The summed E-state index contributed by atoms with van der Waals surface area (Å²) in [6.45, 7) is 15.9. The molecule has 3 heteroatoms. The van der Waals surface area contributed by atoms with Crippen LogP contribution in [0.2, 0.25) is 0 Å². The quantitative estimate of drug-likeness (QED) is 0.869. The smallest absolute Gasteiger partial charge is 0.124 e. The Bertz CT molecular complexity index is 319. The van der Waals surface area contributed by atoms with E-state index in [9.17, 15) is 0 Å². The van der Waals surface area contributed by atoms with Crippen LogP contribution in [0.4, 0.5) is 5.82 Å². The van der Waals surface area contributed by atoms with Crippen LogP contribution in [0.5, 0.6) is 0 Å². The zero-order chi connectivity index (χ0) is 13.6. The van der Waals surface area contributed by atoms with Gasteiger partial charge in [-0.15, -0.1) is 0 Å². The molecular formula is C14H29N3. The van der Waals surface area contributed by atoms with E-state index in [0.29, 0.717) is 5.92 Å². The van der Waals surface area contributed by atoms with Gasteiger partial charge in [0, 0.05) is 25.1 Å². The Hall–Kier alpha value is -0.990. The molecule has 0 saturated carbocycles. The van der Waals surface area contributed by atoms with Crippen molar-refractivity contribution in [2.75, 3.05) is 11.9 Å². The minimum Gasteiger partial charge on any atom is -0.370 e. The zero-order valence-electron chi connectivity index (χ0n) is 12.8. The number of nitrogens with zero attached hydrogens (tertiary/aromatic N) is 2. The van der Waals surface area contributed by atoms with Gasteiger partial charge in [0.05, 0.1) is 5.69 Å². The fourth-order valence-corrected chi connectivity index (χ4v) is 1.31. The molecule has 0 saturated heterocycles. The van der Waals surface area contributed by atoms with E-state index >= 15 is 0 Å². The summed E-state index contributed by atoms with van der Waals surface area (Å²) in [5, 5.41) is 7.92. The van der Waals surface area contributed by atoms with Crippen molar-refractivity contribution in [3.05, 3.63) is 11.8 Å². The molecule has 0 aliphatic rings. The van der Waals surface area contributed by atoms with Crippen LogP contribution < -0.4 is 5.32 Å². The molecule has 1 heterocycles. The number of anilines is 1. The zero-order valence-corrected chi connectivity index (χ0v) is 12.8. The predicted molar refractivity (Wildman–Crippen MR) is 76.6 cm³/mol. The standard InChI is InChI=1S/C12H23N3.C2H6/c1-9(2)8-13-11-7-10(12(3,4)5)14-15(11)6;1-2/h7,9,13H,8H2,1-6H3;1-2H3. The second kappa shape index (κ2) is 6.67. The molecule has 1 rings (SSSR count). The Morgan fingerprint density at radius 3 is 2.18 bits per heavy atom. The molecule has 0 aliphatic heterocycles. The summed E-state index contributed by atoms with van der Waals surface area (Å²) in [5.74, 6) is 1.76. The molecule has 0 fully saturated rings. The van der Waals surface area contributed by atoms with Crippen LogP contribution in [0.1, 0.15) is 54.2 Å². The monoisotopic (exact) mass is 239 g/mol. The van der Waals surface area contributed by atoms with E-state index in [1.165, 1.54) is 0 Å². The Morgan fingerprint density at radius 2 is 1.82 bits per heavy atom. The van der Waals surface area contributed by atoms with Gasteiger partial charge in [-0.3, -0.25) is 4.68 Å². The first-order valence-corrected chi connectivity index (χ1v) is 6.59. The van der Waals surface area contributed by atoms with Crippen molar-refractivity contribution in [1.82, 2.24) is 9.78 Å². The average Bonchev–Trinajstić information content (AvgIpc) is 2.59. The van der Waals surface area contributed by atoms with Gasteiger partial charge in [-0.25, -0.2) is 0 Å². The Morgan fingerprint density at radius 1 is 1.29 bits per heavy atom. The first-order valence-electron chi connectivity index (χ1n) is 6.59. The minimum atomic E-state index is 0.121. The summed E-state index contributed by atoms with van der Waals surface area (Å²) in [6, 6.07) is 2.14. The summed E-state index contributed by atoms with van der Waals surface area (Å²) in [6.07, 6.45) is 0. The lowest BCUT2D eigenvalue weighted by molar-refractivity contribution is 0.553. The highest BCUT2D eigenvalue weighted by molar-refractivity contribution is 5.38. The van der Waals surface area contributed by atoms with Crippen molar-refractivity contribution >= 4 is 5.82 Å². The molecule has 3 nitrogen and oxygen atoms in total. The van der Waals surface area contributed by atoms with Gasteiger partial charge >= 0.3 is 0 Å². The van der Waals surface area contributed by atoms with Crippen LogP contribution in [0.15, 0.2) is 6.07 Å². The van der Waals surface area contributed by atoms with E-state index in [0.717, 1.165) is 18.1 Å². The largest absolute Gasteiger partial charge is 0.370 e.